The lowest BCUT2D eigenvalue weighted by Crippen LogP contribution is -2.36. The molecule has 0 amide bonds. The summed E-state index contributed by atoms with van der Waals surface area (Å²) in [6.07, 6.45) is 4.61. The lowest BCUT2D eigenvalue weighted by Gasteiger charge is -2.23. The van der Waals surface area contributed by atoms with Crippen LogP contribution >= 0.6 is 0 Å². The van der Waals surface area contributed by atoms with E-state index in [4.69, 9.17) is 14.2 Å². The van der Waals surface area contributed by atoms with Gasteiger partial charge in [-0.25, -0.2) is 0 Å². The number of nitrogens with zero attached hydrogens (tertiary/aromatic N) is 1. The third-order valence-corrected chi connectivity index (χ3v) is 3.95. The number of hydrogen-bond donors (Lipinski definition) is 1. The number of fused-ring (bicyclic) bond motifs is 1. The topological polar surface area (TPSA) is 51.2 Å². The molecule has 1 atom stereocenters. The number of aliphatic hydroxyl groups is 1. The predicted molar refractivity (Wildman–Crippen MR) is 79.0 cm³/mol. The SMILES string of the molecule is OC(COc1ccc2c(c1)OCO2)CN1CCCCCC1. The normalized spacial score (nSPS) is 20.0. The fourth-order valence-corrected chi connectivity index (χ4v) is 2.83. The molecule has 1 aromatic rings. The van der Waals surface area contributed by atoms with E-state index in [1.54, 1.807) is 6.07 Å². The summed E-state index contributed by atoms with van der Waals surface area (Å²) in [5.74, 6) is 2.15. The minimum atomic E-state index is -0.464. The predicted octanol–water partition coefficient (Wildman–Crippen LogP) is 2.03. The van der Waals surface area contributed by atoms with Gasteiger partial charge >= 0.3 is 0 Å². The van der Waals surface area contributed by atoms with E-state index >= 15 is 0 Å². The summed E-state index contributed by atoms with van der Waals surface area (Å²) in [5, 5.41) is 10.1. The first kappa shape index (κ1) is 14.5. The second-order valence-electron chi connectivity index (χ2n) is 5.69. The number of rotatable bonds is 5. The van der Waals surface area contributed by atoms with Crippen molar-refractivity contribution in [2.24, 2.45) is 0 Å². The van der Waals surface area contributed by atoms with Crippen LogP contribution in [0.3, 0.4) is 0 Å². The van der Waals surface area contributed by atoms with Crippen molar-refractivity contribution >= 4 is 0 Å². The zero-order valence-corrected chi connectivity index (χ0v) is 12.3. The van der Waals surface area contributed by atoms with Gasteiger partial charge in [0.2, 0.25) is 6.79 Å². The lowest BCUT2D eigenvalue weighted by atomic mass is 10.2. The highest BCUT2D eigenvalue weighted by Gasteiger charge is 2.16. The highest BCUT2D eigenvalue weighted by molar-refractivity contribution is 5.46. The minimum Gasteiger partial charge on any atom is -0.491 e. The second-order valence-corrected chi connectivity index (χ2v) is 5.69. The molecule has 1 aromatic carbocycles. The van der Waals surface area contributed by atoms with Crippen molar-refractivity contribution in [2.45, 2.75) is 31.8 Å². The zero-order valence-electron chi connectivity index (χ0n) is 12.3. The van der Waals surface area contributed by atoms with E-state index in [0.717, 1.165) is 18.8 Å². The Kier molecular flexibility index (Phi) is 4.83. The number of aliphatic hydroxyl groups excluding tert-OH is 1. The maximum Gasteiger partial charge on any atom is 0.231 e. The van der Waals surface area contributed by atoms with Crippen molar-refractivity contribution < 1.29 is 19.3 Å². The van der Waals surface area contributed by atoms with Crippen molar-refractivity contribution in [1.29, 1.82) is 0 Å². The van der Waals surface area contributed by atoms with Gasteiger partial charge < -0.3 is 24.2 Å². The Hall–Kier alpha value is -1.46. The molecule has 21 heavy (non-hydrogen) atoms. The van der Waals surface area contributed by atoms with Gasteiger partial charge in [-0.2, -0.15) is 0 Å². The molecular weight excluding hydrogens is 270 g/mol. The average molecular weight is 293 g/mol. The van der Waals surface area contributed by atoms with Gasteiger partial charge in [-0.1, -0.05) is 12.8 Å². The molecule has 0 aromatic heterocycles. The van der Waals surface area contributed by atoms with Crippen molar-refractivity contribution in [2.75, 3.05) is 33.0 Å². The van der Waals surface area contributed by atoms with Crippen LogP contribution in [0.25, 0.3) is 0 Å². The maximum atomic E-state index is 10.1. The van der Waals surface area contributed by atoms with E-state index in [9.17, 15) is 5.11 Å². The first-order chi connectivity index (χ1) is 10.3. The molecule has 1 fully saturated rings. The van der Waals surface area contributed by atoms with Crippen LogP contribution in [-0.4, -0.2) is 49.1 Å². The molecule has 2 aliphatic heterocycles. The second kappa shape index (κ2) is 7.00. The molecule has 0 aliphatic carbocycles. The van der Waals surface area contributed by atoms with Crippen molar-refractivity contribution in [3.8, 4) is 17.2 Å². The fourth-order valence-electron chi connectivity index (χ4n) is 2.83. The first-order valence-electron chi connectivity index (χ1n) is 7.74. The summed E-state index contributed by atoms with van der Waals surface area (Å²) in [6, 6.07) is 5.48. The summed E-state index contributed by atoms with van der Waals surface area (Å²) >= 11 is 0. The molecule has 0 bridgehead atoms. The fraction of sp³-hybridized carbons (Fsp3) is 0.625. The summed E-state index contributed by atoms with van der Waals surface area (Å²) in [7, 11) is 0. The van der Waals surface area contributed by atoms with E-state index in [1.165, 1.54) is 25.7 Å². The Morgan fingerprint density at radius 3 is 2.67 bits per heavy atom. The molecule has 116 valence electrons. The van der Waals surface area contributed by atoms with Gasteiger partial charge in [0.25, 0.3) is 0 Å². The summed E-state index contributed by atoms with van der Waals surface area (Å²) < 4.78 is 16.2. The van der Waals surface area contributed by atoms with Gasteiger partial charge in [-0.05, 0) is 38.1 Å². The van der Waals surface area contributed by atoms with E-state index in [2.05, 4.69) is 4.90 Å². The van der Waals surface area contributed by atoms with Gasteiger partial charge in [-0.15, -0.1) is 0 Å². The highest BCUT2D eigenvalue weighted by Crippen LogP contribution is 2.35. The van der Waals surface area contributed by atoms with Crippen LogP contribution in [0.2, 0.25) is 0 Å². The molecule has 5 heteroatoms. The molecule has 3 rings (SSSR count). The quantitative estimate of drug-likeness (QED) is 0.900. The Labute approximate surface area is 125 Å². The van der Waals surface area contributed by atoms with Crippen LogP contribution in [-0.2, 0) is 0 Å². The summed E-state index contributed by atoms with van der Waals surface area (Å²) in [6.45, 7) is 3.42. The molecule has 1 unspecified atom stereocenters. The molecule has 5 nitrogen and oxygen atoms in total. The third kappa shape index (κ3) is 4.02. The molecule has 2 aliphatic rings. The van der Waals surface area contributed by atoms with E-state index < -0.39 is 6.10 Å². The third-order valence-electron chi connectivity index (χ3n) is 3.95. The highest BCUT2D eigenvalue weighted by atomic mass is 16.7. The first-order valence-corrected chi connectivity index (χ1v) is 7.74. The molecule has 2 heterocycles. The van der Waals surface area contributed by atoms with Gasteiger partial charge in [-0.3, -0.25) is 0 Å². The van der Waals surface area contributed by atoms with Crippen molar-refractivity contribution in [1.82, 2.24) is 4.90 Å². The Morgan fingerprint density at radius 2 is 1.86 bits per heavy atom. The van der Waals surface area contributed by atoms with Crippen LogP contribution in [0.15, 0.2) is 18.2 Å². The van der Waals surface area contributed by atoms with Crippen LogP contribution in [0.4, 0.5) is 0 Å². The van der Waals surface area contributed by atoms with Crippen LogP contribution in [0, 0.1) is 0 Å². The number of likely N-dealkylation sites (tertiary alicyclic amines) is 1. The van der Waals surface area contributed by atoms with Crippen molar-refractivity contribution in [3.05, 3.63) is 18.2 Å². The number of hydrogen-bond acceptors (Lipinski definition) is 5. The van der Waals surface area contributed by atoms with E-state index in [1.807, 2.05) is 12.1 Å². The summed E-state index contributed by atoms with van der Waals surface area (Å²) in [5.41, 5.74) is 0. The van der Waals surface area contributed by atoms with Gasteiger partial charge in [0.05, 0.1) is 0 Å². The Balaban J connectivity index is 1.45. The average Bonchev–Trinajstić information content (AvgIpc) is 2.81. The maximum absolute atomic E-state index is 10.1. The standard InChI is InChI=1S/C16H23NO4/c18-13(10-17-7-3-1-2-4-8-17)11-19-14-5-6-15-16(9-14)21-12-20-15/h5-6,9,13,18H,1-4,7-8,10-12H2. The largest absolute Gasteiger partial charge is 0.491 e. The van der Waals surface area contributed by atoms with Crippen molar-refractivity contribution in [3.63, 3.8) is 0 Å². The molecule has 0 spiro atoms. The zero-order chi connectivity index (χ0) is 14.5. The van der Waals surface area contributed by atoms with Gasteiger partial charge in [0, 0.05) is 12.6 Å². The van der Waals surface area contributed by atoms with Gasteiger partial charge in [0.15, 0.2) is 11.5 Å². The minimum absolute atomic E-state index is 0.260. The smallest absolute Gasteiger partial charge is 0.231 e. The molecule has 0 radical (unpaired) electrons. The van der Waals surface area contributed by atoms with E-state index in [0.29, 0.717) is 24.7 Å². The Bertz CT molecular complexity index is 458. The number of benzene rings is 1. The van der Waals surface area contributed by atoms with Crippen LogP contribution < -0.4 is 14.2 Å². The molecule has 1 N–H and O–H groups in total. The summed E-state index contributed by atoms with van der Waals surface area (Å²) in [4.78, 5) is 2.33. The van der Waals surface area contributed by atoms with Crippen LogP contribution in [0.1, 0.15) is 25.7 Å². The molecule has 1 saturated heterocycles. The number of ether oxygens (including phenoxy) is 3. The number of β-amino-alcohol motifs (C(OH)–C–C–N with tert-alkyl or cyclic N) is 1. The molecule has 0 saturated carbocycles. The lowest BCUT2D eigenvalue weighted by molar-refractivity contribution is 0.0693. The monoisotopic (exact) mass is 293 g/mol. The van der Waals surface area contributed by atoms with Crippen LogP contribution in [0.5, 0.6) is 17.2 Å². The van der Waals surface area contributed by atoms with E-state index in [-0.39, 0.29) is 6.79 Å². The Morgan fingerprint density at radius 1 is 1.10 bits per heavy atom. The molecular formula is C16H23NO4. The van der Waals surface area contributed by atoms with Gasteiger partial charge in [0.1, 0.15) is 18.5 Å².